The summed E-state index contributed by atoms with van der Waals surface area (Å²) in [5, 5.41) is 12.1. The van der Waals surface area contributed by atoms with E-state index in [0.717, 1.165) is 16.8 Å². The lowest BCUT2D eigenvalue weighted by atomic mass is 10.1. The van der Waals surface area contributed by atoms with E-state index < -0.39 is 11.7 Å². The number of nitrogens with zero attached hydrogens (tertiary/aromatic N) is 2. The number of nitrogens with one attached hydrogen (secondary N) is 2. The molecule has 4 rings (SSSR count). The summed E-state index contributed by atoms with van der Waals surface area (Å²) in [6.07, 6.45) is 1.54. The van der Waals surface area contributed by atoms with E-state index in [1.54, 1.807) is 13.2 Å². The third-order valence-corrected chi connectivity index (χ3v) is 4.91. The van der Waals surface area contributed by atoms with Crippen LogP contribution in [0.5, 0.6) is 5.75 Å². The number of anilines is 1. The van der Waals surface area contributed by atoms with Crippen molar-refractivity contribution in [1.82, 2.24) is 15.2 Å². The first-order valence-electron chi connectivity index (χ1n) is 8.05. The SMILES string of the molecule is COc1ccc(-c2nnc(NC(=O)C(=O)c3c[nH]c4ccccc34)s2)cc1. The van der Waals surface area contributed by atoms with Crippen LogP contribution in [0, 0.1) is 0 Å². The second-order valence-electron chi connectivity index (χ2n) is 5.67. The number of carbonyl (C=O) groups is 2. The van der Waals surface area contributed by atoms with Gasteiger partial charge in [0.05, 0.1) is 12.7 Å². The fraction of sp³-hybridized carbons (Fsp3) is 0.0526. The van der Waals surface area contributed by atoms with Gasteiger partial charge in [0.2, 0.25) is 5.13 Å². The van der Waals surface area contributed by atoms with Crippen LogP contribution in [0.2, 0.25) is 0 Å². The van der Waals surface area contributed by atoms with Gasteiger partial charge in [0.25, 0.3) is 11.7 Å². The fourth-order valence-electron chi connectivity index (χ4n) is 2.66. The molecule has 0 aliphatic rings. The molecule has 2 aromatic heterocycles. The zero-order chi connectivity index (χ0) is 18.8. The molecule has 0 fully saturated rings. The lowest BCUT2D eigenvalue weighted by molar-refractivity contribution is -0.112. The van der Waals surface area contributed by atoms with Crippen molar-refractivity contribution in [3.05, 3.63) is 60.3 Å². The van der Waals surface area contributed by atoms with Gasteiger partial charge in [0, 0.05) is 22.7 Å². The Bertz CT molecular complexity index is 1130. The number of ether oxygens (including phenoxy) is 1. The molecular formula is C19H14N4O3S. The van der Waals surface area contributed by atoms with Crippen molar-refractivity contribution in [2.75, 3.05) is 12.4 Å². The highest BCUT2D eigenvalue weighted by Gasteiger charge is 2.21. The molecule has 0 unspecified atom stereocenters. The van der Waals surface area contributed by atoms with Crippen molar-refractivity contribution in [2.45, 2.75) is 0 Å². The van der Waals surface area contributed by atoms with E-state index in [9.17, 15) is 9.59 Å². The number of aromatic nitrogens is 3. The zero-order valence-electron chi connectivity index (χ0n) is 14.2. The molecule has 7 nitrogen and oxygen atoms in total. The number of aromatic amines is 1. The molecule has 0 saturated carbocycles. The molecule has 0 saturated heterocycles. The minimum atomic E-state index is -0.753. The highest BCUT2D eigenvalue weighted by atomic mass is 32.1. The number of para-hydroxylation sites is 1. The number of Topliss-reactive ketones (excluding diaryl/α,β-unsaturated/α-hetero) is 1. The molecule has 134 valence electrons. The molecule has 0 aliphatic carbocycles. The van der Waals surface area contributed by atoms with E-state index in [-0.39, 0.29) is 5.13 Å². The molecule has 2 heterocycles. The monoisotopic (exact) mass is 378 g/mol. The van der Waals surface area contributed by atoms with Crippen LogP contribution < -0.4 is 10.1 Å². The van der Waals surface area contributed by atoms with Gasteiger partial charge >= 0.3 is 0 Å². The molecular weight excluding hydrogens is 364 g/mol. The van der Waals surface area contributed by atoms with E-state index in [1.165, 1.54) is 17.5 Å². The Hall–Kier alpha value is -3.52. The summed E-state index contributed by atoms with van der Waals surface area (Å²) in [5.74, 6) is -0.646. The molecule has 8 heteroatoms. The first kappa shape index (κ1) is 16.9. The van der Waals surface area contributed by atoms with E-state index in [0.29, 0.717) is 16.0 Å². The molecule has 2 N–H and O–H groups in total. The number of ketones is 1. The number of amides is 1. The van der Waals surface area contributed by atoms with Crippen LogP contribution in [-0.4, -0.2) is 34.0 Å². The Morgan fingerprint density at radius 3 is 2.63 bits per heavy atom. The molecule has 4 aromatic rings. The van der Waals surface area contributed by atoms with E-state index in [1.807, 2.05) is 42.5 Å². The summed E-state index contributed by atoms with van der Waals surface area (Å²) >= 11 is 1.19. The Labute approximate surface area is 158 Å². The summed E-state index contributed by atoms with van der Waals surface area (Å²) < 4.78 is 5.13. The van der Waals surface area contributed by atoms with Gasteiger partial charge in [-0.3, -0.25) is 14.9 Å². The number of H-pyrrole nitrogens is 1. The summed E-state index contributed by atoms with van der Waals surface area (Å²) in [7, 11) is 1.60. The Balaban J connectivity index is 1.51. The quantitative estimate of drug-likeness (QED) is 0.409. The average molecular weight is 378 g/mol. The van der Waals surface area contributed by atoms with Crippen molar-refractivity contribution in [1.29, 1.82) is 0 Å². The van der Waals surface area contributed by atoms with Crippen LogP contribution in [0.3, 0.4) is 0 Å². The van der Waals surface area contributed by atoms with Crippen LogP contribution in [0.25, 0.3) is 21.5 Å². The van der Waals surface area contributed by atoms with Gasteiger partial charge in [0.1, 0.15) is 10.8 Å². The topological polar surface area (TPSA) is 97.0 Å². The van der Waals surface area contributed by atoms with Crippen LogP contribution in [0.1, 0.15) is 10.4 Å². The Kier molecular flexibility index (Phi) is 4.39. The van der Waals surface area contributed by atoms with E-state index in [2.05, 4.69) is 20.5 Å². The highest BCUT2D eigenvalue weighted by molar-refractivity contribution is 7.18. The van der Waals surface area contributed by atoms with Gasteiger partial charge in [-0.25, -0.2) is 0 Å². The number of hydrogen-bond acceptors (Lipinski definition) is 6. The molecule has 0 spiro atoms. The third-order valence-electron chi connectivity index (χ3n) is 4.02. The minimum Gasteiger partial charge on any atom is -0.497 e. The average Bonchev–Trinajstić information content (AvgIpc) is 3.34. The van der Waals surface area contributed by atoms with Crippen molar-refractivity contribution in [3.63, 3.8) is 0 Å². The zero-order valence-corrected chi connectivity index (χ0v) is 15.0. The Morgan fingerprint density at radius 2 is 1.85 bits per heavy atom. The van der Waals surface area contributed by atoms with Crippen LogP contribution in [-0.2, 0) is 4.79 Å². The van der Waals surface area contributed by atoms with Gasteiger partial charge in [-0.2, -0.15) is 0 Å². The summed E-state index contributed by atoms with van der Waals surface area (Å²) in [6.45, 7) is 0. The number of hydrogen-bond donors (Lipinski definition) is 2. The van der Waals surface area contributed by atoms with Gasteiger partial charge < -0.3 is 9.72 Å². The standard InChI is InChI=1S/C19H14N4O3S/c1-26-12-8-6-11(7-9-12)18-22-23-19(27-18)21-17(25)16(24)14-10-20-15-5-3-2-4-13(14)15/h2-10,20H,1H3,(H,21,23,25). The van der Waals surface area contributed by atoms with Crippen LogP contribution in [0.4, 0.5) is 5.13 Å². The smallest absolute Gasteiger partial charge is 0.298 e. The summed E-state index contributed by atoms with van der Waals surface area (Å²) in [4.78, 5) is 27.8. The minimum absolute atomic E-state index is 0.263. The second kappa shape index (κ2) is 7.00. The number of methoxy groups -OCH3 is 1. The first-order chi connectivity index (χ1) is 13.2. The first-order valence-corrected chi connectivity index (χ1v) is 8.87. The van der Waals surface area contributed by atoms with E-state index in [4.69, 9.17) is 4.74 Å². The predicted octanol–water partition coefficient (Wildman–Crippen LogP) is 3.52. The number of fused-ring (bicyclic) bond motifs is 1. The maximum atomic E-state index is 12.5. The van der Waals surface area contributed by atoms with Crippen molar-refractivity contribution in [2.24, 2.45) is 0 Å². The highest BCUT2D eigenvalue weighted by Crippen LogP contribution is 2.28. The number of rotatable bonds is 5. The van der Waals surface area contributed by atoms with Gasteiger partial charge in [-0.15, -0.1) is 10.2 Å². The van der Waals surface area contributed by atoms with Gasteiger partial charge in [-0.1, -0.05) is 29.5 Å². The lowest BCUT2D eigenvalue weighted by Gasteiger charge is -2.00. The normalized spacial score (nSPS) is 10.7. The molecule has 0 bridgehead atoms. The number of benzene rings is 2. The van der Waals surface area contributed by atoms with Gasteiger partial charge in [-0.05, 0) is 30.3 Å². The molecule has 1 amide bonds. The summed E-state index contributed by atoms with van der Waals surface area (Å²) in [5.41, 5.74) is 1.96. The predicted molar refractivity (Wildman–Crippen MR) is 103 cm³/mol. The third kappa shape index (κ3) is 3.30. The molecule has 27 heavy (non-hydrogen) atoms. The van der Waals surface area contributed by atoms with E-state index >= 15 is 0 Å². The molecule has 0 atom stereocenters. The van der Waals surface area contributed by atoms with Crippen LogP contribution >= 0.6 is 11.3 Å². The Morgan fingerprint density at radius 1 is 1.07 bits per heavy atom. The summed E-state index contributed by atoms with van der Waals surface area (Å²) in [6, 6.07) is 14.6. The number of carbonyl (C=O) groups excluding carboxylic acids is 2. The van der Waals surface area contributed by atoms with Crippen molar-refractivity contribution in [3.8, 4) is 16.3 Å². The van der Waals surface area contributed by atoms with Crippen molar-refractivity contribution < 1.29 is 14.3 Å². The molecule has 2 aromatic carbocycles. The van der Waals surface area contributed by atoms with Crippen molar-refractivity contribution >= 4 is 39.1 Å². The lowest BCUT2D eigenvalue weighted by Crippen LogP contribution is -2.22. The molecule has 0 aliphatic heterocycles. The largest absolute Gasteiger partial charge is 0.497 e. The van der Waals surface area contributed by atoms with Crippen LogP contribution in [0.15, 0.2) is 54.7 Å². The maximum Gasteiger partial charge on any atom is 0.298 e. The molecule has 0 radical (unpaired) electrons. The second-order valence-corrected chi connectivity index (χ2v) is 6.65. The maximum absolute atomic E-state index is 12.5. The van der Waals surface area contributed by atoms with Gasteiger partial charge in [0.15, 0.2) is 0 Å². The fourth-order valence-corrected chi connectivity index (χ4v) is 3.40.